The van der Waals surface area contributed by atoms with E-state index in [2.05, 4.69) is 6.92 Å². The minimum absolute atomic E-state index is 0.211. The van der Waals surface area contributed by atoms with Crippen molar-refractivity contribution < 1.29 is 19.1 Å². The molecule has 4 nitrogen and oxygen atoms in total. The van der Waals surface area contributed by atoms with E-state index in [9.17, 15) is 9.59 Å². The molecular weight excluding hydrogens is 256 g/mol. The molecule has 118 valence electrons. The molecule has 0 aromatic rings. The highest BCUT2D eigenvalue weighted by Crippen LogP contribution is 2.16. The first-order chi connectivity index (χ1) is 9.38. The molecular formula is C16H30O4. The lowest BCUT2D eigenvalue weighted by Gasteiger charge is -2.18. The Labute approximate surface area is 123 Å². The first-order valence-electron chi connectivity index (χ1n) is 7.79. The monoisotopic (exact) mass is 286 g/mol. The van der Waals surface area contributed by atoms with Gasteiger partial charge in [-0.1, -0.05) is 39.0 Å². The number of hydrogen-bond acceptors (Lipinski definition) is 4. The predicted molar refractivity (Wildman–Crippen MR) is 79.3 cm³/mol. The molecule has 0 saturated heterocycles. The van der Waals surface area contributed by atoms with E-state index in [1.807, 2.05) is 0 Å². The molecule has 0 saturated carbocycles. The van der Waals surface area contributed by atoms with Crippen LogP contribution in [0, 0.1) is 5.92 Å². The van der Waals surface area contributed by atoms with Gasteiger partial charge in [-0.05, 0) is 34.1 Å². The molecule has 0 amide bonds. The molecule has 4 heteroatoms. The summed E-state index contributed by atoms with van der Waals surface area (Å²) in [5.74, 6) is -1.69. The van der Waals surface area contributed by atoms with Crippen LogP contribution in [0.5, 0.6) is 0 Å². The van der Waals surface area contributed by atoms with Crippen LogP contribution in [0.15, 0.2) is 0 Å². The fourth-order valence-electron chi connectivity index (χ4n) is 1.91. The van der Waals surface area contributed by atoms with E-state index in [1.54, 1.807) is 27.7 Å². The van der Waals surface area contributed by atoms with E-state index < -0.39 is 17.9 Å². The number of hydrogen-bond donors (Lipinski definition) is 0. The summed E-state index contributed by atoms with van der Waals surface area (Å²) in [6.45, 7) is 9.28. The van der Waals surface area contributed by atoms with E-state index in [-0.39, 0.29) is 12.2 Å². The van der Waals surface area contributed by atoms with Crippen molar-refractivity contribution in [1.29, 1.82) is 0 Å². The van der Waals surface area contributed by atoms with Crippen LogP contribution in [-0.4, -0.2) is 24.1 Å². The molecule has 0 aromatic carbocycles. The van der Waals surface area contributed by atoms with Crippen LogP contribution in [-0.2, 0) is 19.1 Å². The SMILES string of the molecule is CCCCCCCC(C(=O)OC(C)C)C(=O)OC(C)C. The summed E-state index contributed by atoms with van der Waals surface area (Å²) >= 11 is 0. The number of unbranched alkanes of at least 4 members (excludes halogenated alkanes) is 4. The van der Waals surface area contributed by atoms with Crippen LogP contribution in [0.4, 0.5) is 0 Å². The topological polar surface area (TPSA) is 52.6 Å². The van der Waals surface area contributed by atoms with Gasteiger partial charge in [0.1, 0.15) is 0 Å². The Morgan fingerprint density at radius 3 is 1.65 bits per heavy atom. The van der Waals surface area contributed by atoms with Gasteiger partial charge in [-0.25, -0.2) is 0 Å². The van der Waals surface area contributed by atoms with Crippen LogP contribution in [0.3, 0.4) is 0 Å². The van der Waals surface area contributed by atoms with Crippen molar-refractivity contribution >= 4 is 11.9 Å². The Hall–Kier alpha value is -1.06. The highest BCUT2D eigenvalue weighted by atomic mass is 16.6. The molecule has 0 unspecified atom stereocenters. The van der Waals surface area contributed by atoms with E-state index in [4.69, 9.17) is 9.47 Å². The number of carbonyl (C=O) groups is 2. The lowest BCUT2D eigenvalue weighted by atomic mass is 10.0. The van der Waals surface area contributed by atoms with E-state index in [0.717, 1.165) is 19.3 Å². The molecule has 0 radical (unpaired) electrons. The van der Waals surface area contributed by atoms with Crippen LogP contribution < -0.4 is 0 Å². The average molecular weight is 286 g/mol. The van der Waals surface area contributed by atoms with E-state index in [0.29, 0.717) is 6.42 Å². The van der Waals surface area contributed by atoms with E-state index >= 15 is 0 Å². The second kappa shape index (κ2) is 10.7. The van der Waals surface area contributed by atoms with Gasteiger partial charge >= 0.3 is 11.9 Å². The maximum Gasteiger partial charge on any atom is 0.320 e. The van der Waals surface area contributed by atoms with Crippen molar-refractivity contribution in [3.63, 3.8) is 0 Å². The highest BCUT2D eigenvalue weighted by molar-refractivity contribution is 5.95. The minimum atomic E-state index is -0.776. The molecule has 0 atom stereocenters. The largest absolute Gasteiger partial charge is 0.462 e. The highest BCUT2D eigenvalue weighted by Gasteiger charge is 2.30. The maximum atomic E-state index is 12.0. The minimum Gasteiger partial charge on any atom is -0.462 e. The molecule has 0 aromatic heterocycles. The zero-order valence-corrected chi connectivity index (χ0v) is 13.6. The van der Waals surface area contributed by atoms with Crippen molar-refractivity contribution in [1.82, 2.24) is 0 Å². The van der Waals surface area contributed by atoms with Gasteiger partial charge in [-0.2, -0.15) is 0 Å². The third kappa shape index (κ3) is 8.94. The number of ether oxygens (including phenoxy) is 2. The first-order valence-corrected chi connectivity index (χ1v) is 7.79. The van der Waals surface area contributed by atoms with Gasteiger partial charge in [-0.15, -0.1) is 0 Å². The van der Waals surface area contributed by atoms with Crippen LogP contribution in [0.25, 0.3) is 0 Å². The normalized spacial score (nSPS) is 11.2. The van der Waals surface area contributed by atoms with Crippen molar-refractivity contribution in [2.24, 2.45) is 5.92 Å². The molecule has 0 bridgehead atoms. The quantitative estimate of drug-likeness (QED) is 0.347. The fourth-order valence-corrected chi connectivity index (χ4v) is 1.91. The standard InChI is InChI=1S/C16H30O4/c1-6-7-8-9-10-11-14(15(17)19-12(2)3)16(18)20-13(4)5/h12-14H,6-11H2,1-5H3. The van der Waals surface area contributed by atoms with Crippen LogP contribution in [0.1, 0.15) is 73.1 Å². The summed E-state index contributed by atoms with van der Waals surface area (Å²) in [6.07, 6.45) is 5.49. The van der Waals surface area contributed by atoms with Gasteiger partial charge in [0, 0.05) is 0 Å². The van der Waals surface area contributed by atoms with Gasteiger partial charge in [0.05, 0.1) is 12.2 Å². The molecule has 0 aliphatic heterocycles. The molecule has 0 fully saturated rings. The zero-order chi connectivity index (χ0) is 15.5. The van der Waals surface area contributed by atoms with Crippen LogP contribution >= 0.6 is 0 Å². The van der Waals surface area contributed by atoms with Crippen LogP contribution in [0.2, 0.25) is 0 Å². The number of carbonyl (C=O) groups excluding carboxylic acids is 2. The number of rotatable bonds is 10. The molecule has 0 spiro atoms. The molecule has 0 aliphatic carbocycles. The van der Waals surface area contributed by atoms with Gasteiger partial charge in [0.2, 0.25) is 0 Å². The molecule has 0 N–H and O–H groups in total. The smallest absolute Gasteiger partial charge is 0.320 e. The second-order valence-corrected chi connectivity index (χ2v) is 5.73. The summed E-state index contributed by atoms with van der Waals surface area (Å²) in [7, 11) is 0. The zero-order valence-electron chi connectivity index (χ0n) is 13.6. The van der Waals surface area contributed by atoms with Crippen molar-refractivity contribution in [3.05, 3.63) is 0 Å². The Kier molecular flexibility index (Phi) is 10.1. The van der Waals surface area contributed by atoms with Gasteiger partial charge < -0.3 is 9.47 Å². The van der Waals surface area contributed by atoms with Crippen molar-refractivity contribution in [2.75, 3.05) is 0 Å². The van der Waals surface area contributed by atoms with E-state index in [1.165, 1.54) is 12.8 Å². The summed E-state index contributed by atoms with van der Waals surface area (Å²) < 4.78 is 10.3. The summed E-state index contributed by atoms with van der Waals surface area (Å²) in [5.41, 5.74) is 0. The lowest BCUT2D eigenvalue weighted by molar-refractivity contribution is -0.166. The lowest BCUT2D eigenvalue weighted by Crippen LogP contribution is -2.31. The molecule has 0 heterocycles. The predicted octanol–water partition coefficient (Wildman–Crippen LogP) is 3.87. The van der Waals surface area contributed by atoms with Gasteiger partial charge in [0.15, 0.2) is 5.92 Å². The summed E-state index contributed by atoms with van der Waals surface area (Å²) in [4.78, 5) is 23.9. The summed E-state index contributed by atoms with van der Waals surface area (Å²) in [5, 5.41) is 0. The molecule has 0 rings (SSSR count). The maximum absolute atomic E-state index is 12.0. The number of esters is 2. The average Bonchev–Trinajstić information content (AvgIpc) is 2.31. The Balaban J connectivity index is 4.38. The Morgan fingerprint density at radius 2 is 1.25 bits per heavy atom. The Morgan fingerprint density at radius 1 is 0.800 bits per heavy atom. The third-order valence-corrected chi connectivity index (χ3v) is 2.87. The Bertz CT molecular complexity index is 262. The van der Waals surface area contributed by atoms with Gasteiger partial charge in [0.25, 0.3) is 0 Å². The second-order valence-electron chi connectivity index (χ2n) is 5.73. The van der Waals surface area contributed by atoms with Gasteiger partial charge in [-0.3, -0.25) is 9.59 Å². The molecule has 0 aliphatic rings. The third-order valence-electron chi connectivity index (χ3n) is 2.87. The summed E-state index contributed by atoms with van der Waals surface area (Å²) in [6, 6.07) is 0. The fraction of sp³-hybridized carbons (Fsp3) is 0.875. The van der Waals surface area contributed by atoms with Crippen molar-refractivity contribution in [3.8, 4) is 0 Å². The molecule has 20 heavy (non-hydrogen) atoms. The van der Waals surface area contributed by atoms with Crippen molar-refractivity contribution in [2.45, 2.75) is 85.4 Å². The first kappa shape index (κ1) is 18.9.